The number of pyridine rings is 1. The van der Waals surface area contributed by atoms with Gasteiger partial charge in [-0.2, -0.15) is 9.50 Å². The first-order valence-corrected chi connectivity index (χ1v) is 10.4. The standard InChI is InChI=1S/C23H16N6O5/c1-13-10-15(29(31)32)3-4-17(13)27-7-6-18-16(22(27)30)12-24-23-25-21(26-28(18)23)14-2-5-19-20(11-14)34-9-8-33-19/h2-7,10-12H,8-9H2,1H3. The molecule has 5 aromatic rings. The molecule has 168 valence electrons. The molecule has 0 spiro atoms. The van der Waals surface area contributed by atoms with Crippen LogP contribution in [0.4, 0.5) is 5.69 Å². The lowest BCUT2D eigenvalue weighted by molar-refractivity contribution is -0.384. The Balaban J connectivity index is 1.47. The Morgan fingerprint density at radius 2 is 1.88 bits per heavy atom. The van der Waals surface area contributed by atoms with E-state index in [1.54, 1.807) is 25.3 Å². The zero-order valence-electron chi connectivity index (χ0n) is 17.8. The highest BCUT2D eigenvalue weighted by Gasteiger charge is 2.17. The molecule has 0 unspecified atom stereocenters. The van der Waals surface area contributed by atoms with E-state index in [2.05, 4.69) is 15.1 Å². The van der Waals surface area contributed by atoms with Crippen LogP contribution in [0.5, 0.6) is 11.5 Å². The van der Waals surface area contributed by atoms with Gasteiger partial charge in [0.1, 0.15) is 13.2 Å². The quantitative estimate of drug-likeness (QED) is 0.299. The van der Waals surface area contributed by atoms with Gasteiger partial charge in [0, 0.05) is 30.1 Å². The fourth-order valence-electron chi connectivity index (χ4n) is 4.04. The normalized spacial score (nSPS) is 12.9. The zero-order valence-corrected chi connectivity index (χ0v) is 17.8. The first kappa shape index (κ1) is 19.9. The van der Waals surface area contributed by atoms with Crippen LogP contribution in [0.3, 0.4) is 0 Å². The third-order valence-electron chi connectivity index (χ3n) is 5.69. The molecule has 1 aliphatic rings. The second-order valence-corrected chi connectivity index (χ2v) is 7.78. The minimum Gasteiger partial charge on any atom is -0.486 e. The van der Waals surface area contributed by atoms with Crippen molar-refractivity contribution in [3.05, 3.63) is 80.9 Å². The van der Waals surface area contributed by atoms with Crippen LogP contribution in [0, 0.1) is 17.0 Å². The van der Waals surface area contributed by atoms with Gasteiger partial charge in [0.25, 0.3) is 17.0 Å². The van der Waals surface area contributed by atoms with E-state index in [9.17, 15) is 14.9 Å². The number of hydrogen-bond donors (Lipinski definition) is 0. The minimum atomic E-state index is -0.468. The molecule has 4 heterocycles. The highest BCUT2D eigenvalue weighted by Crippen LogP contribution is 2.33. The predicted molar refractivity (Wildman–Crippen MR) is 122 cm³/mol. The minimum absolute atomic E-state index is 0.0345. The molecule has 11 nitrogen and oxygen atoms in total. The Kier molecular flexibility index (Phi) is 4.30. The van der Waals surface area contributed by atoms with Crippen LogP contribution in [0.1, 0.15) is 5.56 Å². The zero-order chi connectivity index (χ0) is 23.4. The number of fused-ring (bicyclic) bond motifs is 4. The molecule has 0 amide bonds. The molecule has 3 aromatic heterocycles. The van der Waals surface area contributed by atoms with Crippen molar-refractivity contribution in [1.29, 1.82) is 0 Å². The number of nitro benzene ring substituents is 1. The van der Waals surface area contributed by atoms with Gasteiger partial charge in [-0.15, -0.1) is 5.10 Å². The highest BCUT2D eigenvalue weighted by atomic mass is 16.6. The van der Waals surface area contributed by atoms with Crippen molar-refractivity contribution in [2.45, 2.75) is 6.92 Å². The van der Waals surface area contributed by atoms with Crippen molar-refractivity contribution in [2.75, 3.05) is 13.2 Å². The molecule has 0 bridgehead atoms. The van der Waals surface area contributed by atoms with Gasteiger partial charge >= 0.3 is 0 Å². The molecule has 1 aliphatic heterocycles. The van der Waals surface area contributed by atoms with Crippen LogP contribution >= 0.6 is 0 Å². The number of nitrogens with zero attached hydrogens (tertiary/aromatic N) is 6. The van der Waals surface area contributed by atoms with Gasteiger partial charge in [0.15, 0.2) is 17.3 Å². The summed E-state index contributed by atoms with van der Waals surface area (Å²) in [5.74, 6) is 2.08. The molecule has 0 aliphatic carbocycles. The molecule has 0 N–H and O–H groups in total. The highest BCUT2D eigenvalue weighted by molar-refractivity contribution is 5.79. The summed E-state index contributed by atoms with van der Waals surface area (Å²) in [5, 5.41) is 16.0. The maximum absolute atomic E-state index is 13.3. The largest absolute Gasteiger partial charge is 0.486 e. The third-order valence-corrected chi connectivity index (χ3v) is 5.69. The number of ether oxygens (including phenoxy) is 2. The van der Waals surface area contributed by atoms with E-state index in [0.717, 1.165) is 5.56 Å². The summed E-state index contributed by atoms with van der Waals surface area (Å²) in [5.41, 5.74) is 2.08. The van der Waals surface area contributed by atoms with Gasteiger partial charge in [0.2, 0.25) is 0 Å². The number of rotatable bonds is 3. The Hall–Kier alpha value is -4.80. The molecule has 6 rings (SSSR count). The van der Waals surface area contributed by atoms with Crippen LogP contribution in [-0.4, -0.2) is 42.3 Å². The first-order chi connectivity index (χ1) is 16.5. The number of aryl methyl sites for hydroxylation is 1. The lowest BCUT2D eigenvalue weighted by Gasteiger charge is -2.18. The summed E-state index contributed by atoms with van der Waals surface area (Å²) in [7, 11) is 0. The van der Waals surface area contributed by atoms with Crippen LogP contribution in [0.2, 0.25) is 0 Å². The van der Waals surface area contributed by atoms with E-state index in [1.807, 2.05) is 18.2 Å². The average Bonchev–Trinajstić information content (AvgIpc) is 3.29. The molecule has 34 heavy (non-hydrogen) atoms. The molecule has 0 fully saturated rings. The number of non-ortho nitro benzene ring substituents is 1. The molecule has 2 aromatic carbocycles. The van der Waals surface area contributed by atoms with E-state index in [-0.39, 0.29) is 11.2 Å². The Labute approximate surface area is 191 Å². The maximum Gasteiger partial charge on any atom is 0.269 e. The van der Waals surface area contributed by atoms with E-state index in [1.165, 1.54) is 27.4 Å². The topological polar surface area (TPSA) is 127 Å². The summed E-state index contributed by atoms with van der Waals surface area (Å²) in [6, 6.07) is 11.6. The smallest absolute Gasteiger partial charge is 0.269 e. The van der Waals surface area contributed by atoms with Gasteiger partial charge in [-0.3, -0.25) is 19.5 Å². The summed E-state index contributed by atoms with van der Waals surface area (Å²) >= 11 is 0. The van der Waals surface area contributed by atoms with Crippen LogP contribution < -0.4 is 15.0 Å². The third kappa shape index (κ3) is 3.05. The van der Waals surface area contributed by atoms with Crippen molar-refractivity contribution in [3.63, 3.8) is 0 Å². The van der Waals surface area contributed by atoms with Crippen LogP contribution in [0.15, 0.2) is 59.7 Å². The van der Waals surface area contributed by atoms with E-state index in [0.29, 0.717) is 58.5 Å². The van der Waals surface area contributed by atoms with Crippen molar-refractivity contribution < 1.29 is 14.4 Å². The Morgan fingerprint density at radius 3 is 2.68 bits per heavy atom. The second-order valence-electron chi connectivity index (χ2n) is 7.78. The van der Waals surface area contributed by atoms with E-state index < -0.39 is 4.92 Å². The monoisotopic (exact) mass is 456 g/mol. The van der Waals surface area contributed by atoms with Crippen molar-refractivity contribution in [2.24, 2.45) is 0 Å². The number of nitro groups is 1. The van der Waals surface area contributed by atoms with E-state index in [4.69, 9.17) is 9.47 Å². The van der Waals surface area contributed by atoms with Crippen molar-refractivity contribution in [3.8, 4) is 28.6 Å². The van der Waals surface area contributed by atoms with Gasteiger partial charge in [-0.05, 0) is 42.8 Å². The molecule has 0 saturated heterocycles. The van der Waals surface area contributed by atoms with Gasteiger partial charge in [0.05, 0.1) is 21.5 Å². The first-order valence-electron chi connectivity index (χ1n) is 10.4. The fourth-order valence-corrected chi connectivity index (χ4v) is 4.04. The van der Waals surface area contributed by atoms with Crippen molar-refractivity contribution in [1.82, 2.24) is 24.1 Å². The van der Waals surface area contributed by atoms with Crippen LogP contribution in [0.25, 0.3) is 33.8 Å². The van der Waals surface area contributed by atoms with Crippen LogP contribution in [-0.2, 0) is 0 Å². The molecule has 0 radical (unpaired) electrons. The summed E-state index contributed by atoms with van der Waals surface area (Å²) < 4.78 is 14.2. The van der Waals surface area contributed by atoms with Gasteiger partial charge in [-0.25, -0.2) is 4.98 Å². The number of benzene rings is 2. The number of aromatic nitrogens is 5. The van der Waals surface area contributed by atoms with Gasteiger partial charge < -0.3 is 9.47 Å². The van der Waals surface area contributed by atoms with Crippen molar-refractivity contribution >= 4 is 22.4 Å². The molecule has 11 heteroatoms. The average molecular weight is 456 g/mol. The maximum atomic E-state index is 13.3. The second kappa shape index (κ2) is 7.37. The summed E-state index contributed by atoms with van der Waals surface area (Å²) in [4.78, 5) is 32.7. The Morgan fingerprint density at radius 1 is 1.06 bits per heavy atom. The lowest BCUT2D eigenvalue weighted by Crippen LogP contribution is -2.19. The fraction of sp³-hybridized carbons (Fsp3) is 0.130. The molecule has 0 saturated carbocycles. The molecular formula is C23H16N6O5. The van der Waals surface area contributed by atoms with Gasteiger partial charge in [-0.1, -0.05) is 0 Å². The SMILES string of the molecule is Cc1cc([N+](=O)[O-])ccc1-n1ccc2c(cnc3nc(-c4ccc5c(c4)OCCO5)nn32)c1=O. The summed E-state index contributed by atoms with van der Waals surface area (Å²) in [6.45, 7) is 2.70. The molecule has 0 atom stereocenters. The van der Waals surface area contributed by atoms with E-state index >= 15 is 0 Å². The predicted octanol–water partition coefficient (Wildman–Crippen LogP) is 3.08. The number of hydrogen-bond acceptors (Lipinski definition) is 8. The Bertz CT molecular complexity index is 1690. The lowest BCUT2D eigenvalue weighted by atomic mass is 10.1. The summed E-state index contributed by atoms with van der Waals surface area (Å²) in [6.07, 6.45) is 3.08. The molecular weight excluding hydrogens is 440 g/mol.